The van der Waals surface area contributed by atoms with Gasteiger partial charge in [-0.25, -0.2) is 0 Å². The predicted octanol–water partition coefficient (Wildman–Crippen LogP) is 1.74. The Hall–Kier alpha value is -1.09. The lowest BCUT2D eigenvalue weighted by Gasteiger charge is -2.00. The van der Waals surface area contributed by atoms with Crippen LogP contribution in [0.15, 0.2) is 11.8 Å². The summed E-state index contributed by atoms with van der Waals surface area (Å²) in [6.07, 6.45) is 4.23. The lowest BCUT2D eigenvalue weighted by Crippen LogP contribution is -2.14. The van der Waals surface area contributed by atoms with Crippen LogP contribution in [0.2, 0.25) is 0 Å². The van der Waals surface area contributed by atoms with Gasteiger partial charge in [-0.05, 0) is 20.4 Å². The fourth-order valence-electron chi connectivity index (χ4n) is 1.40. The summed E-state index contributed by atoms with van der Waals surface area (Å²) in [4.78, 5) is 0. The SMILES string of the molecule is CCNCC(C)=Cc1cn(C)nc1C. The molecule has 0 saturated heterocycles. The number of aromatic nitrogens is 2. The van der Waals surface area contributed by atoms with Crippen molar-refractivity contribution in [3.63, 3.8) is 0 Å². The summed E-state index contributed by atoms with van der Waals surface area (Å²) < 4.78 is 1.85. The van der Waals surface area contributed by atoms with Gasteiger partial charge >= 0.3 is 0 Å². The second-order valence-corrected chi connectivity index (χ2v) is 3.61. The first-order valence-corrected chi connectivity index (χ1v) is 5.01. The van der Waals surface area contributed by atoms with E-state index in [9.17, 15) is 0 Å². The molecule has 0 saturated carbocycles. The van der Waals surface area contributed by atoms with Gasteiger partial charge in [0.15, 0.2) is 0 Å². The van der Waals surface area contributed by atoms with E-state index in [1.54, 1.807) is 0 Å². The van der Waals surface area contributed by atoms with Crippen LogP contribution in [0.1, 0.15) is 25.1 Å². The minimum absolute atomic E-state index is 0.949. The Labute approximate surface area is 85.8 Å². The highest BCUT2D eigenvalue weighted by Crippen LogP contribution is 2.09. The molecule has 0 aliphatic heterocycles. The summed E-state index contributed by atoms with van der Waals surface area (Å²) in [5.41, 5.74) is 3.63. The van der Waals surface area contributed by atoms with Gasteiger partial charge in [-0.15, -0.1) is 0 Å². The third-order valence-corrected chi connectivity index (χ3v) is 2.11. The van der Waals surface area contributed by atoms with Crippen molar-refractivity contribution in [2.24, 2.45) is 7.05 Å². The van der Waals surface area contributed by atoms with Crippen molar-refractivity contribution in [2.45, 2.75) is 20.8 Å². The monoisotopic (exact) mass is 193 g/mol. The molecular formula is C11H19N3. The van der Waals surface area contributed by atoms with Crippen LogP contribution >= 0.6 is 0 Å². The van der Waals surface area contributed by atoms with E-state index in [0.29, 0.717) is 0 Å². The first kappa shape index (κ1) is 11.0. The number of likely N-dealkylation sites (N-methyl/N-ethyl adjacent to an activating group) is 1. The Morgan fingerprint density at radius 3 is 2.86 bits per heavy atom. The van der Waals surface area contributed by atoms with Crippen molar-refractivity contribution >= 4 is 6.08 Å². The van der Waals surface area contributed by atoms with E-state index in [0.717, 1.165) is 18.8 Å². The van der Waals surface area contributed by atoms with Gasteiger partial charge in [-0.2, -0.15) is 5.10 Å². The zero-order valence-electron chi connectivity index (χ0n) is 9.46. The fourth-order valence-corrected chi connectivity index (χ4v) is 1.40. The average Bonchev–Trinajstić information content (AvgIpc) is 2.42. The van der Waals surface area contributed by atoms with E-state index in [1.165, 1.54) is 11.1 Å². The second-order valence-electron chi connectivity index (χ2n) is 3.61. The van der Waals surface area contributed by atoms with Gasteiger partial charge in [0, 0.05) is 25.4 Å². The molecule has 3 nitrogen and oxygen atoms in total. The molecule has 0 aliphatic rings. The molecule has 1 aromatic heterocycles. The van der Waals surface area contributed by atoms with Crippen molar-refractivity contribution in [3.05, 3.63) is 23.0 Å². The molecule has 78 valence electrons. The maximum Gasteiger partial charge on any atom is 0.0665 e. The first-order chi connectivity index (χ1) is 6.63. The zero-order chi connectivity index (χ0) is 10.6. The largest absolute Gasteiger partial charge is 0.313 e. The Bertz CT molecular complexity index is 323. The van der Waals surface area contributed by atoms with Crippen molar-refractivity contribution in [1.29, 1.82) is 0 Å². The molecule has 0 unspecified atom stereocenters. The molecule has 1 aromatic rings. The van der Waals surface area contributed by atoms with Crippen LogP contribution < -0.4 is 5.32 Å². The standard InChI is InChI=1S/C11H19N3/c1-5-12-7-9(2)6-11-8-14(4)13-10(11)3/h6,8,12H,5,7H2,1-4H3. The van der Waals surface area contributed by atoms with Gasteiger partial charge in [0.05, 0.1) is 5.69 Å². The Morgan fingerprint density at radius 2 is 2.36 bits per heavy atom. The van der Waals surface area contributed by atoms with E-state index >= 15 is 0 Å². The normalized spacial score (nSPS) is 12.1. The first-order valence-electron chi connectivity index (χ1n) is 5.01. The van der Waals surface area contributed by atoms with Crippen molar-refractivity contribution in [1.82, 2.24) is 15.1 Å². The number of aryl methyl sites for hydroxylation is 2. The predicted molar refractivity (Wildman–Crippen MR) is 60.1 cm³/mol. The summed E-state index contributed by atoms with van der Waals surface area (Å²) in [6.45, 7) is 8.24. The van der Waals surface area contributed by atoms with Crippen LogP contribution in [0.5, 0.6) is 0 Å². The van der Waals surface area contributed by atoms with Gasteiger partial charge in [-0.3, -0.25) is 4.68 Å². The molecule has 0 aromatic carbocycles. The third-order valence-electron chi connectivity index (χ3n) is 2.11. The van der Waals surface area contributed by atoms with Gasteiger partial charge in [0.2, 0.25) is 0 Å². The number of nitrogens with zero attached hydrogens (tertiary/aromatic N) is 2. The highest BCUT2D eigenvalue weighted by atomic mass is 15.2. The number of nitrogens with one attached hydrogen (secondary N) is 1. The van der Waals surface area contributed by atoms with Crippen LogP contribution in [0.4, 0.5) is 0 Å². The van der Waals surface area contributed by atoms with E-state index < -0.39 is 0 Å². The summed E-state index contributed by atoms with van der Waals surface area (Å²) >= 11 is 0. The number of rotatable bonds is 4. The van der Waals surface area contributed by atoms with Crippen LogP contribution in [-0.2, 0) is 7.05 Å². The van der Waals surface area contributed by atoms with Gasteiger partial charge in [-0.1, -0.05) is 18.6 Å². The topological polar surface area (TPSA) is 29.9 Å². The van der Waals surface area contributed by atoms with Crippen LogP contribution in [-0.4, -0.2) is 22.9 Å². The lowest BCUT2D eigenvalue weighted by molar-refractivity contribution is 0.756. The van der Waals surface area contributed by atoms with E-state index in [1.807, 2.05) is 24.9 Å². The number of hydrogen-bond donors (Lipinski definition) is 1. The molecule has 3 heteroatoms. The molecule has 0 radical (unpaired) electrons. The van der Waals surface area contributed by atoms with Gasteiger partial charge in [0.1, 0.15) is 0 Å². The molecule has 1 rings (SSSR count). The zero-order valence-corrected chi connectivity index (χ0v) is 9.46. The summed E-state index contributed by atoms with van der Waals surface area (Å²) in [6, 6.07) is 0. The van der Waals surface area contributed by atoms with Crippen LogP contribution in [0.25, 0.3) is 6.08 Å². The quantitative estimate of drug-likeness (QED) is 0.789. The highest BCUT2D eigenvalue weighted by Gasteiger charge is 1.99. The van der Waals surface area contributed by atoms with Gasteiger partial charge < -0.3 is 5.32 Å². The third kappa shape index (κ3) is 3.00. The second kappa shape index (κ2) is 4.96. The fraction of sp³-hybridized carbons (Fsp3) is 0.545. The van der Waals surface area contributed by atoms with Crippen molar-refractivity contribution in [2.75, 3.05) is 13.1 Å². The van der Waals surface area contributed by atoms with E-state index in [-0.39, 0.29) is 0 Å². The van der Waals surface area contributed by atoms with Gasteiger partial charge in [0.25, 0.3) is 0 Å². The minimum atomic E-state index is 0.949. The summed E-state index contributed by atoms with van der Waals surface area (Å²) in [7, 11) is 1.95. The minimum Gasteiger partial charge on any atom is -0.313 e. The molecule has 0 fully saturated rings. The molecule has 14 heavy (non-hydrogen) atoms. The molecule has 1 heterocycles. The van der Waals surface area contributed by atoms with Crippen LogP contribution in [0, 0.1) is 6.92 Å². The smallest absolute Gasteiger partial charge is 0.0665 e. The maximum atomic E-state index is 4.30. The molecule has 0 bridgehead atoms. The molecule has 0 amide bonds. The number of hydrogen-bond acceptors (Lipinski definition) is 2. The van der Waals surface area contributed by atoms with Crippen molar-refractivity contribution in [3.8, 4) is 0 Å². The summed E-state index contributed by atoms with van der Waals surface area (Å²) in [5.74, 6) is 0. The van der Waals surface area contributed by atoms with Crippen LogP contribution in [0.3, 0.4) is 0 Å². The Balaban J connectivity index is 2.70. The lowest BCUT2D eigenvalue weighted by atomic mass is 10.2. The molecule has 1 N–H and O–H groups in total. The van der Waals surface area contributed by atoms with Crippen molar-refractivity contribution < 1.29 is 0 Å². The Kier molecular flexibility index (Phi) is 3.89. The maximum absolute atomic E-state index is 4.30. The molecular weight excluding hydrogens is 174 g/mol. The Morgan fingerprint density at radius 1 is 1.64 bits per heavy atom. The average molecular weight is 193 g/mol. The molecule has 0 aliphatic carbocycles. The highest BCUT2D eigenvalue weighted by molar-refractivity contribution is 5.53. The molecule has 0 atom stereocenters. The summed E-state index contributed by atoms with van der Waals surface area (Å²) in [5, 5.41) is 7.60. The van der Waals surface area contributed by atoms with E-state index in [2.05, 4.69) is 30.3 Å². The molecule has 0 spiro atoms. The van der Waals surface area contributed by atoms with E-state index in [4.69, 9.17) is 0 Å².